The van der Waals surface area contributed by atoms with Crippen LogP contribution >= 0.6 is 0 Å². The average molecular weight is 463 g/mol. The summed E-state index contributed by atoms with van der Waals surface area (Å²) in [7, 11) is 0. The van der Waals surface area contributed by atoms with Gasteiger partial charge in [-0.25, -0.2) is 9.37 Å². The lowest BCUT2D eigenvalue weighted by Crippen LogP contribution is -2.45. The van der Waals surface area contributed by atoms with Gasteiger partial charge in [0.15, 0.2) is 0 Å². The van der Waals surface area contributed by atoms with Crippen LogP contribution in [-0.2, 0) is 10.2 Å². The molecule has 6 nitrogen and oxygen atoms in total. The fourth-order valence-electron chi connectivity index (χ4n) is 4.28. The van der Waals surface area contributed by atoms with E-state index in [-0.39, 0.29) is 23.8 Å². The van der Waals surface area contributed by atoms with Gasteiger partial charge in [-0.1, -0.05) is 43.3 Å². The summed E-state index contributed by atoms with van der Waals surface area (Å²) in [5.74, 6) is -0.240. The van der Waals surface area contributed by atoms with E-state index in [0.717, 1.165) is 28.2 Å². The van der Waals surface area contributed by atoms with Crippen LogP contribution in [0.1, 0.15) is 49.4 Å². The Morgan fingerprint density at radius 2 is 1.94 bits per heavy atom. The van der Waals surface area contributed by atoms with Gasteiger partial charge in [-0.3, -0.25) is 4.79 Å². The van der Waals surface area contributed by atoms with Gasteiger partial charge in [0.2, 0.25) is 0 Å². The molecule has 0 fully saturated rings. The largest absolute Gasteiger partial charge is 0.481 e. The third kappa shape index (κ3) is 5.04. The highest BCUT2D eigenvalue weighted by Gasteiger charge is 2.30. The lowest BCUT2D eigenvalue weighted by atomic mass is 9.83. The van der Waals surface area contributed by atoms with Gasteiger partial charge in [0.25, 0.3) is 0 Å². The van der Waals surface area contributed by atoms with E-state index in [2.05, 4.69) is 27.9 Å². The van der Waals surface area contributed by atoms with E-state index in [1.165, 1.54) is 6.07 Å². The molecule has 0 spiro atoms. The number of nitrogens with one attached hydrogen (secondary N) is 3. The van der Waals surface area contributed by atoms with Crippen LogP contribution in [0.3, 0.4) is 0 Å². The van der Waals surface area contributed by atoms with Crippen molar-refractivity contribution in [1.29, 1.82) is 0 Å². The van der Waals surface area contributed by atoms with E-state index in [1.807, 2.05) is 42.5 Å². The Hall–Kier alpha value is -3.45. The minimum Gasteiger partial charge on any atom is -0.481 e. The van der Waals surface area contributed by atoms with E-state index >= 15 is 0 Å². The monoisotopic (exact) mass is 462 g/mol. The molecule has 1 aliphatic rings. The van der Waals surface area contributed by atoms with E-state index in [0.29, 0.717) is 13.1 Å². The average Bonchev–Trinajstić information content (AvgIpc) is 2.84. The van der Waals surface area contributed by atoms with Crippen LogP contribution in [0.2, 0.25) is 0 Å². The SMILES string of the molecule is C[C@@H](CN[C@H](c1cccc(F)c1)[C@H]1CNc2cccnc2N1)c1cccc(C(C)(C)C(=O)O)c1. The standard InChI is InChI=1S/C27H31FN4O2/c1-17(18-7-4-9-20(13-18)27(2,3)26(33)34)15-31-24(19-8-5-10-21(28)14-19)23-16-30-22-11-6-12-29-25(22)32-23/h4-14,17,23-24,30-31H,15-16H2,1-3H3,(H,29,32)(H,33,34)/t17-,23+,24+/m0/s1. The summed E-state index contributed by atoms with van der Waals surface area (Å²) in [6, 6.07) is 18.1. The van der Waals surface area contributed by atoms with Crippen molar-refractivity contribution in [2.24, 2.45) is 0 Å². The van der Waals surface area contributed by atoms with Crippen LogP contribution in [0, 0.1) is 5.82 Å². The molecule has 4 N–H and O–H groups in total. The van der Waals surface area contributed by atoms with Crippen molar-refractivity contribution in [3.8, 4) is 0 Å². The first-order valence-corrected chi connectivity index (χ1v) is 11.5. The number of rotatable bonds is 8. The zero-order valence-corrected chi connectivity index (χ0v) is 19.7. The van der Waals surface area contributed by atoms with Crippen LogP contribution in [0.4, 0.5) is 15.9 Å². The van der Waals surface area contributed by atoms with Crippen molar-refractivity contribution in [3.05, 3.63) is 89.4 Å². The lowest BCUT2D eigenvalue weighted by Gasteiger charge is -2.35. The molecule has 0 saturated heterocycles. The Labute approximate surface area is 199 Å². The number of carboxylic acid groups (broad SMARTS) is 1. The van der Waals surface area contributed by atoms with Gasteiger partial charge in [0, 0.05) is 19.3 Å². The first kappa shape index (κ1) is 23.7. The lowest BCUT2D eigenvalue weighted by molar-refractivity contribution is -0.142. The minimum atomic E-state index is -0.967. The molecule has 3 aromatic rings. The Balaban J connectivity index is 1.54. The highest BCUT2D eigenvalue weighted by molar-refractivity contribution is 5.80. The molecule has 0 amide bonds. The molecule has 7 heteroatoms. The van der Waals surface area contributed by atoms with Crippen molar-refractivity contribution >= 4 is 17.5 Å². The Kier molecular flexibility index (Phi) is 6.84. The molecule has 0 unspecified atom stereocenters. The molecule has 4 rings (SSSR count). The summed E-state index contributed by atoms with van der Waals surface area (Å²) >= 11 is 0. The molecule has 1 aromatic heterocycles. The Morgan fingerprint density at radius 3 is 2.71 bits per heavy atom. The maximum Gasteiger partial charge on any atom is 0.313 e. The number of benzene rings is 2. The molecular formula is C27H31FN4O2. The van der Waals surface area contributed by atoms with Crippen molar-refractivity contribution < 1.29 is 14.3 Å². The highest BCUT2D eigenvalue weighted by atomic mass is 19.1. The molecule has 0 saturated carbocycles. The molecular weight excluding hydrogens is 431 g/mol. The molecule has 1 aliphatic heterocycles. The minimum absolute atomic E-state index is 0.0475. The molecule has 0 bridgehead atoms. The predicted molar refractivity (Wildman–Crippen MR) is 133 cm³/mol. The van der Waals surface area contributed by atoms with Crippen molar-refractivity contribution in [2.75, 3.05) is 23.7 Å². The topological polar surface area (TPSA) is 86.3 Å². The fourth-order valence-corrected chi connectivity index (χ4v) is 4.28. The number of halogens is 1. The van der Waals surface area contributed by atoms with Crippen molar-refractivity contribution in [1.82, 2.24) is 10.3 Å². The number of carbonyl (C=O) groups is 1. The van der Waals surface area contributed by atoms with Gasteiger partial charge in [-0.15, -0.1) is 0 Å². The van der Waals surface area contributed by atoms with Crippen LogP contribution in [0.25, 0.3) is 0 Å². The number of hydrogen-bond acceptors (Lipinski definition) is 5. The molecule has 2 aromatic carbocycles. The number of fused-ring (bicyclic) bond motifs is 1. The smallest absolute Gasteiger partial charge is 0.313 e. The second-order valence-corrected chi connectivity index (χ2v) is 9.43. The highest BCUT2D eigenvalue weighted by Crippen LogP contribution is 2.30. The molecule has 34 heavy (non-hydrogen) atoms. The van der Waals surface area contributed by atoms with E-state index in [4.69, 9.17) is 0 Å². The van der Waals surface area contributed by atoms with Crippen LogP contribution in [0.5, 0.6) is 0 Å². The third-order valence-corrected chi connectivity index (χ3v) is 6.61. The summed E-state index contributed by atoms with van der Waals surface area (Å²) in [4.78, 5) is 16.1. The van der Waals surface area contributed by atoms with Crippen LogP contribution in [-0.4, -0.2) is 35.2 Å². The number of hydrogen-bond donors (Lipinski definition) is 4. The first-order valence-electron chi connectivity index (χ1n) is 11.5. The van der Waals surface area contributed by atoms with Gasteiger partial charge in [0.1, 0.15) is 11.6 Å². The molecule has 0 radical (unpaired) electrons. The van der Waals surface area contributed by atoms with Crippen molar-refractivity contribution in [3.63, 3.8) is 0 Å². The second kappa shape index (κ2) is 9.81. The van der Waals surface area contributed by atoms with Gasteiger partial charge >= 0.3 is 5.97 Å². The zero-order valence-electron chi connectivity index (χ0n) is 19.7. The quantitative estimate of drug-likeness (QED) is 0.380. The number of anilines is 2. The molecule has 2 heterocycles. The summed E-state index contributed by atoms with van der Waals surface area (Å²) in [5, 5.41) is 20.1. The number of pyridine rings is 1. The van der Waals surface area contributed by atoms with Gasteiger partial charge < -0.3 is 21.1 Å². The molecule has 3 atom stereocenters. The van der Waals surface area contributed by atoms with Crippen LogP contribution in [0.15, 0.2) is 66.9 Å². The predicted octanol–water partition coefficient (Wildman–Crippen LogP) is 4.92. The third-order valence-electron chi connectivity index (χ3n) is 6.61. The zero-order chi connectivity index (χ0) is 24.3. The molecule has 178 valence electrons. The maximum atomic E-state index is 14.1. The number of aromatic nitrogens is 1. The summed E-state index contributed by atoms with van der Waals surface area (Å²) in [6.45, 7) is 6.82. The summed E-state index contributed by atoms with van der Waals surface area (Å²) in [5.41, 5.74) is 2.66. The normalized spacial score (nSPS) is 17.1. The molecule has 0 aliphatic carbocycles. The van der Waals surface area contributed by atoms with E-state index < -0.39 is 11.4 Å². The van der Waals surface area contributed by atoms with Crippen molar-refractivity contribution in [2.45, 2.75) is 44.2 Å². The van der Waals surface area contributed by atoms with E-state index in [1.54, 1.807) is 32.2 Å². The first-order chi connectivity index (χ1) is 16.3. The second-order valence-electron chi connectivity index (χ2n) is 9.43. The summed E-state index contributed by atoms with van der Waals surface area (Å²) < 4.78 is 14.1. The number of nitrogens with zero attached hydrogens (tertiary/aromatic N) is 1. The summed E-state index contributed by atoms with van der Waals surface area (Å²) in [6.07, 6.45) is 1.74. The fraction of sp³-hybridized carbons (Fsp3) is 0.333. The Morgan fingerprint density at radius 1 is 1.18 bits per heavy atom. The van der Waals surface area contributed by atoms with Gasteiger partial charge in [-0.05, 0) is 60.7 Å². The van der Waals surface area contributed by atoms with E-state index in [9.17, 15) is 14.3 Å². The number of aliphatic carboxylic acids is 1. The number of carboxylic acids is 1. The van der Waals surface area contributed by atoms with Gasteiger partial charge in [0.05, 0.1) is 23.2 Å². The van der Waals surface area contributed by atoms with Gasteiger partial charge in [-0.2, -0.15) is 0 Å². The maximum absolute atomic E-state index is 14.1. The Bertz CT molecular complexity index is 1170. The van der Waals surface area contributed by atoms with Crippen LogP contribution < -0.4 is 16.0 Å².